The van der Waals surface area contributed by atoms with Crippen molar-refractivity contribution in [3.05, 3.63) is 88.4 Å². The number of hydrogen-bond acceptors (Lipinski definition) is 7. The maximum Gasteiger partial charge on any atom is 0.337 e. The Hall–Kier alpha value is -5.06. The number of carbonyl (C=O) groups is 3. The predicted molar refractivity (Wildman–Crippen MR) is 149 cm³/mol. The summed E-state index contributed by atoms with van der Waals surface area (Å²) in [6.45, 7) is 5.31. The molecule has 0 radical (unpaired) electrons. The van der Waals surface area contributed by atoms with E-state index in [4.69, 9.17) is 14.2 Å². The molecule has 0 spiro atoms. The second kappa shape index (κ2) is 12.2. The van der Waals surface area contributed by atoms with Crippen LogP contribution in [0.4, 0.5) is 4.79 Å². The van der Waals surface area contributed by atoms with Crippen LogP contribution in [-0.4, -0.2) is 49.5 Å². The fourth-order valence-corrected chi connectivity index (χ4v) is 4.55. The third kappa shape index (κ3) is 5.98. The van der Waals surface area contributed by atoms with Crippen molar-refractivity contribution in [2.45, 2.75) is 26.8 Å². The number of ether oxygens (including phenoxy) is 3. The molecule has 11 heteroatoms. The molecule has 0 saturated carbocycles. The average molecular weight is 546 g/mol. The number of allylic oxidation sites excluding steroid dienone is 1. The second-order valence-corrected chi connectivity index (χ2v) is 9.05. The minimum absolute atomic E-state index is 0.264. The normalized spacial score (nSPS) is 14.9. The number of para-hydroxylation sites is 1. The molecule has 0 saturated heterocycles. The van der Waals surface area contributed by atoms with Gasteiger partial charge in [-0.15, -0.1) is 0 Å². The number of amides is 3. The van der Waals surface area contributed by atoms with Crippen LogP contribution in [0.15, 0.2) is 71.0 Å². The number of carbonyl (C=O) groups excluding carboxylic acids is 3. The summed E-state index contributed by atoms with van der Waals surface area (Å²) < 4.78 is 18.1. The smallest absolute Gasteiger partial charge is 0.337 e. The molecule has 208 valence electrons. The highest BCUT2D eigenvalue weighted by molar-refractivity contribution is 5.95. The molecule has 0 unspecified atom stereocenters. The van der Waals surface area contributed by atoms with Crippen molar-refractivity contribution >= 4 is 24.1 Å². The maximum absolute atomic E-state index is 12.4. The molecule has 1 aliphatic rings. The van der Waals surface area contributed by atoms with E-state index < -0.39 is 23.9 Å². The number of hydrazone groups is 1. The lowest BCUT2D eigenvalue weighted by atomic mass is 9.95. The SMILES string of the molecule is COC(=O)C1=C(C)NC(=O)N[C@H]1c1ccc(OCC(=O)N/N=C\c2cc(C)n(-c3ccccc3)c2C)c(OC)c1. The molecule has 2 heterocycles. The van der Waals surface area contributed by atoms with Crippen molar-refractivity contribution in [1.29, 1.82) is 0 Å². The molecule has 11 nitrogen and oxygen atoms in total. The van der Waals surface area contributed by atoms with Gasteiger partial charge in [-0.05, 0) is 56.7 Å². The van der Waals surface area contributed by atoms with E-state index in [0.29, 0.717) is 22.8 Å². The van der Waals surface area contributed by atoms with Crippen molar-refractivity contribution in [2.75, 3.05) is 20.8 Å². The van der Waals surface area contributed by atoms with Crippen LogP contribution in [0.5, 0.6) is 11.5 Å². The number of aromatic nitrogens is 1. The fraction of sp³-hybridized carbons (Fsp3) is 0.241. The number of urea groups is 1. The lowest BCUT2D eigenvalue weighted by Crippen LogP contribution is -2.45. The van der Waals surface area contributed by atoms with Crippen LogP contribution < -0.4 is 25.5 Å². The number of nitrogens with one attached hydrogen (secondary N) is 3. The number of methoxy groups -OCH3 is 2. The molecule has 3 amide bonds. The lowest BCUT2D eigenvalue weighted by Gasteiger charge is -2.28. The summed E-state index contributed by atoms with van der Waals surface area (Å²) in [5.41, 5.74) is 7.66. The predicted octanol–water partition coefficient (Wildman–Crippen LogP) is 3.43. The summed E-state index contributed by atoms with van der Waals surface area (Å²) in [4.78, 5) is 36.8. The van der Waals surface area contributed by atoms with Gasteiger partial charge in [-0.2, -0.15) is 5.10 Å². The highest BCUT2D eigenvalue weighted by atomic mass is 16.5. The molecule has 0 fully saturated rings. The van der Waals surface area contributed by atoms with Crippen LogP contribution >= 0.6 is 0 Å². The van der Waals surface area contributed by atoms with Gasteiger partial charge in [0.15, 0.2) is 18.1 Å². The summed E-state index contributed by atoms with van der Waals surface area (Å²) in [7, 11) is 2.72. The van der Waals surface area contributed by atoms with E-state index in [1.807, 2.05) is 50.2 Å². The quantitative estimate of drug-likeness (QED) is 0.214. The maximum atomic E-state index is 12.4. The van der Waals surface area contributed by atoms with Gasteiger partial charge >= 0.3 is 12.0 Å². The van der Waals surface area contributed by atoms with Gasteiger partial charge in [-0.1, -0.05) is 24.3 Å². The van der Waals surface area contributed by atoms with E-state index in [1.165, 1.54) is 14.2 Å². The number of aryl methyl sites for hydroxylation is 1. The molecule has 1 aromatic heterocycles. The summed E-state index contributed by atoms with van der Waals surface area (Å²) >= 11 is 0. The van der Waals surface area contributed by atoms with Gasteiger partial charge in [-0.3, -0.25) is 4.79 Å². The van der Waals surface area contributed by atoms with Gasteiger partial charge in [-0.25, -0.2) is 15.0 Å². The van der Waals surface area contributed by atoms with Crippen LogP contribution in [0.25, 0.3) is 5.69 Å². The monoisotopic (exact) mass is 545 g/mol. The van der Waals surface area contributed by atoms with E-state index in [2.05, 4.69) is 25.7 Å². The number of rotatable bonds is 9. The standard InChI is InChI=1S/C29H31N5O6/c1-17-13-21(19(3)34(17)22-9-7-6-8-10-22)15-30-33-25(35)16-40-23-12-11-20(14-24(23)38-4)27-26(28(36)39-5)18(2)31-29(37)32-27/h6-15,27H,16H2,1-5H3,(H,33,35)(H2,31,32,37)/b30-15-/t27-/m0/s1. The van der Waals surface area contributed by atoms with Gasteiger partial charge < -0.3 is 29.4 Å². The molecular weight excluding hydrogens is 514 g/mol. The van der Waals surface area contributed by atoms with Crippen molar-refractivity contribution in [1.82, 2.24) is 20.6 Å². The van der Waals surface area contributed by atoms with Crippen molar-refractivity contribution in [2.24, 2.45) is 5.10 Å². The molecule has 3 aromatic rings. The van der Waals surface area contributed by atoms with Gasteiger partial charge in [0.1, 0.15) is 0 Å². The van der Waals surface area contributed by atoms with Crippen LogP contribution in [0.1, 0.15) is 35.5 Å². The first kappa shape index (κ1) is 28.0. The van der Waals surface area contributed by atoms with E-state index in [-0.39, 0.29) is 12.2 Å². The van der Waals surface area contributed by atoms with Crippen molar-refractivity contribution in [3.63, 3.8) is 0 Å². The van der Waals surface area contributed by atoms with Crippen molar-refractivity contribution < 1.29 is 28.6 Å². The van der Waals surface area contributed by atoms with Crippen LogP contribution in [0.2, 0.25) is 0 Å². The largest absolute Gasteiger partial charge is 0.493 e. The highest BCUT2D eigenvalue weighted by Crippen LogP contribution is 2.34. The number of nitrogens with zero attached hydrogens (tertiary/aromatic N) is 2. The molecule has 4 rings (SSSR count). The van der Waals surface area contributed by atoms with Crippen molar-refractivity contribution in [3.8, 4) is 17.2 Å². The van der Waals surface area contributed by atoms with Crippen LogP contribution in [0, 0.1) is 13.8 Å². The Morgan fingerprint density at radius 3 is 2.50 bits per heavy atom. The van der Waals surface area contributed by atoms with Gasteiger partial charge in [0.25, 0.3) is 5.91 Å². The molecule has 0 aliphatic carbocycles. The molecule has 40 heavy (non-hydrogen) atoms. The second-order valence-electron chi connectivity index (χ2n) is 9.05. The Balaban J connectivity index is 1.41. The fourth-order valence-electron chi connectivity index (χ4n) is 4.55. The average Bonchev–Trinajstić information content (AvgIpc) is 3.23. The summed E-state index contributed by atoms with van der Waals surface area (Å²) in [5.74, 6) is -0.418. The van der Waals surface area contributed by atoms with Crippen LogP contribution in [-0.2, 0) is 14.3 Å². The Morgan fingerprint density at radius 1 is 1.05 bits per heavy atom. The van der Waals surface area contributed by atoms with Gasteiger partial charge in [0, 0.05) is 28.3 Å². The summed E-state index contributed by atoms with van der Waals surface area (Å²) in [6.07, 6.45) is 1.59. The van der Waals surface area contributed by atoms with Crippen LogP contribution in [0.3, 0.4) is 0 Å². The third-order valence-electron chi connectivity index (χ3n) is 6.43. The van der Waals surface area contributed by atoms with E-state index in [9.17, 15) is 14.4 Å². The molecule has 3 N–H and O–H groups in total. The number of hydrogen-bond donors (Lipinski definition) is 3. The molecule has 1 atom stereocenters. The highest BCUT2D eigenvalue weighted by Gasteiger charge is 2.32. The molecular formula is C29H31N5O6. The first-order valence-electron chi connectivity index (χ1n) is 12.5. The zero-order chi connectivity index (χ0) is 28.8. The Bertz CT molecular complexity index is 1490. The Kier molecular flexibility index (Phi) is 8.53. The third-order valence-corrected chi connectivity index (χ3v) is 6.43. The minimum Gasteiger partial charge on any atom is -0.493 e. The lowest BCUT2D eigenvalue weighted by molar-refractivity contribution is -0.136. The Labute approximate surface area is 231 Å². The summed E-state index contributed by atoms with van der Waals surface area (Å²) in [6, 6.07) is 15.7. The minimum atomic E-state index is -0.759. The number of benzene rings is 2. The zero-order valence-corrected chi connectivity index (χ0v) is 22.9. The molecule has 1 aliphatic heterocycles. The van der Waals surface area contributed by atoms with Gasteiger partial charge in [0.05, 0.1) is 32.0 Å². The Morgan fingerprint density at radius 2 is 1.80 bits per heavy atom. The summed E-state index contributed by atoms with van der Waals surface area (Å²) in [5, 5.41) is 9.38. The van der Waals surface area contributed by atoms with Gasteiger partial charge in [0.2, 0.25) is 0 Å². The first-order chi connectivity index (χ1) is 19.2. The first-order valence-corrected chi connectivity index (χ1v) is 12.5. The van der Waals surface area contributed by atoms with E-state index in [1.54, 1.807) is 31.3 Å². The molecule has 2 aromatic carbocycles. The zero-order valence-electron chi connectivity index (χ0n) is 22.9. The molecule has 0 bridgehead atoms. The topological polar surface area (TPSA) is 132 Å². The van der Waals surface area contributed by atoms with E-state index in [0.717, 1.165) is 22.6 Å². The van der Waals surface area contributed by atoms with E-state index >= 15 is 0 Å². The number of esters is 1.